The molecule has 0 radical (unpaired) electrons. The summed E-state index contributed by atoms with van der Waals surface area (Å²) >= 11 is 12.1. The second kappa shape index (κ2) is 8.70. The highest BCUT2D eigenvalue weighted by Gasteiger charge is 2.25. The summed E-state index contributed by atoms with van der Waals surface area (Å²) in [7, 11) is 0. The van der Waals surface area contributed by atoms with E-state index in [0.29, 0.717) is 29.0 Å². The largest absolute Gasteiger partial charge is 0.493 e. The molecule has 1 unspecified atom stereocenters. The molecule has 0 bridgehead atoms. The third kappa shape index (κ3) is 4.47. The number of oxazole rings is 1. The van der Waals surface area contributed by atoms with Crippen molar-refractivity contribution in [3.63, 3.8) is 0 Å². The number of carboxylic acid groups (broad SMARTS) is 1. The number of aliphatic carboxylic acids is 1. The number of carbonyl (C=O) groups is 1. The predicted molar refractivity (Wildman–Crippen MR) is 116 cm³/mol. The standard InChI is InChI=1S/C23H21Cl2NO4/c1-13-21(26-23(30-13)16-4-7-19(24)20(25)11-16)8-9-29-17-5-6-18-14(10-17)2-3-15(18)12-22(27)28/h4-7,10-11,15H,2-3,8-9,12H2,1H3,(H,27,28). The Kier molecular flexibility index (Phi) is 6.02. The summed E-state index contributed by atoms with van der Waals surface area (Å²) in [4.78, 5) is 15.6. The van der Waals surface area contributed by atoms with E-state index in [0.717, 1.165) is 41.2 Å². The average Bonchev–Trinajstić information content (AvgIpc) is 3.27. The molecule has 0 saturated heterocycles. The summed E-state index contributed by atoms with van der Waals surface area (Å²) in [6.45, 7) is 2.34. The summed E-state index contributed by atoms with van der Waals surface area (Å²) in [5, 5.41) is 9.99. The number of halogens is 2. The van der Waals surface area contributed by atoms with E-state index in [1.54, 1.807) is 12.1 Å². The maximum absolute atomic E-state index is 11.0. The molecule has 7 heteroatoms. The summed E-state index contributed by atoms with van der Waals surface area (Å²) in [5.74, 6) is 1.38. The van der Waals surface area contributed by atoms with Gasteiger partial charge in [0.25, 0.3) is 0 Å². The summed E-state index contributed by atoms with van der Waals surface area (Å²) in [6.07, 6.45) is 2.55. The predicted octanol–water partition coefficient (Wildman–Crippen LogP) is 6.08. The summed E-state index contributed by atoms with van der Waals surface area (Å²) < 4.78 is 11.7. The molecule has 4 rings (SSSR count). The molecular formula is C23H21Cl2NO4. The van der Waals surface area contributed by atoms with Crippen molar-refractivity contribution >= 4 is 29.2 Å². The average molecular weight is 446 g/mol. The molecular weight excluding hydrogens is 425 g/mol. The van der Waals surface area contributed by atoms with Gasteiger partial charge >= 0.3 is 5.97 Å². The zero-order valence-corrected chi connectivity index (χ0v) is 18.0. The number of aryl methyl sites for hydroxylation is 2. The SMILES string of the molecule is Cc1oc(-c2ccc(Cl)c(Cl)c2)nc1CCOc1ccc2c(c1)CCC2CC(=O)O. The van der Waals surface area contributed by atoms with Gasteiger partial charge in [-0.15, -0.1) is 0 Å². The van der Waals surface area contributed by atoms with Crippen LogP contribution in [0.2, 0.25) is 10.0 Å². The molecule has 0 amide bonds. The molecule has 2 aromatic carbocycles. The topological polar surface area (TPSA) is 72.6 Å². The van der Waals surface area contributed by atoms with Crippen LogP contribution in [0.4, 0.5) is 0 Å². The van der Waals surface area contributed by atoms with Gasteiger partial charge in [0, 0.05) is 12.0 Å². The van der Waals surface area contributed by atoms with Gasteiger partial charge in [-0.05, 0) is 67.1 Å². The number of hydrogen-bond donors (Lipinski definition) is 1. The maximum Gasteiger partial charge on any atom is 0.303 e. The minimum absolute atomic E-state index is 0.101. The first-order chi connectivity index (χ1) is 14.4. The summed E-state index contributed by atoms with van der Waals surface area (Å²) in [6, 6.07) is 11.2. The van der Waals surface area contributed by atoms with E-state index < -0.39 is 5.97 Å². The van der Waals surface area contributed by atoms with E-state index in [4.69, 9.17) is 37.5 Å². The lowest BCUT2D eigenvalue weighted by atomic mass is 9.98. The van der Waals surface area contributed by atoms with E-state index in [-0.39, 0.29) is 12.3 Å². The van der Waals surface area contributed by atoms with Crippen LogP contribution in [0.1, 0.15) is 41.3 Å². The third-order valence-corrected chi connectivity index (χ3v) is 6.14. The molecule has 1 aliphatic rings. The van der Waals surface area contributed by atoms with Crippen molar-refractivity contribution in [2.45, 2.75) is 38.5 Å². The molecule has 1 aliphatic carbocycles. The van der Waals surface area contributed by atoms with Crippen LogP contribution in [0.15, 0.2) is 40.8 Å². The molecule has 0 spiro atoms. The third-order valence-electron chi connectivity index (χ3n) is 5.40. The van der Waals surface area contributed by atoms with Gasteiger partial charge in [-0.2, -0.15) is 0 Å². The van der Waals surface area contributed by atoms with Gasteiger partial charge in [0.15, 0.2) is 0 Å². The molecule has 30 heavy (non-hydrogen) atoms. The van der Waals surface area contributed by atoms with Crippen LogP contribution in [0, 0.1) is 6.92 Å². The van der Waals surface area contributed by atoms with Crippen molar-refractivity contribution in [1.29, 1.82) is 0 Å². The van der Waals surface area contributed by atoms with Crippen molar-refractivity contribution in [2.24, 2.45) is 0 Å². The van der Waals surface area contributed by atoms with Gasteiger partial charge in [-0.1, -0.05) is 29.3 Å². The lowest BCUT2D eigenvalue weighted by Gasteiger charge is -2.10. The van der Waals surface area contributed by atoms with E-state index in [1.807, 2.05) is 31.2 Å². The molecule has 156 valence electrons. The van der Waals surface area contributed by atoms with Gasteiger partial charge in [-0.3, -0.25) is 4.79 Å². The zero-order valence-electron chi connectivity index (χ0n) is 16.5. The number of carboxylic acids is 1. The number of aromatic nitrogens is 1. The first-order valence-corrected chi connectivity index (χ1v) is 10.6. The first kappa shape index (κ1) is 20.8. The highest BCUT2D eigenvalue weighted by molar-refractivity contribution is 6.42. The Bertz CT molecular complexity index is 1090. The van der Waals surface area contributed by atoms with Crippen molar-refractivity contribution < 1.29 is 19.1 Å². The number of benzene rings is 2. The van der Waals surface area contributed by atoms with Crippen LogP contribution in [0.3, 0.4) is 0 Å². The first-order valence-electron chi connectivity index (χ1n) is 9.80. The van der Waals surface area contributed by atoms with Crippen LogP contribution in [-0.2, 0) is 17.6 Å². The van der Waals surface area contributed by atoms with E-state index in [9.17, 15) is 4.79 Å². The lowest BCUT2D eigenvalue weighted by molar-refractivity contribution is -0.137. The summed E-state index contributed by atoms with van der Waals surface area (Å²) in [5.41, 5.74) is 3.91. The number of ether oxygens (including phenoxy) is 1. The number of nitrogens with zero attached hydrogens (tertiary/aromatic N) is 1. The van der Waals surface area contributed by atoms with Crippen molar-refractivity contribution in [3.8, 4) is 17.2 Å². The molecule has 1 aromatic heterocycles. The maximum atomic E-state index is 11.0. The van der Waals surface area contributed by atoms with Crippen LogP contribution in [0.25, 0.3) is 11.5 Å². The van der Waals surface area contributed by atoms with Gasteiger partial charge in [-0.25, -0.2) is 4.98 Å². The fourth-order valence-electron chi connectivity index (χ4n) is 3.87. The zero-order chi connectivity index (χ0) is 21.3. The molecule has 5 nitrogen and oxygen atoms in total. The Hall–Kier alpha value is -2.50. The van der Waals surface area contributed by atoms with Crippen molar-refractivity contribution in [2.75, 3.05) is 6.61 Å². The fourth-order valence-corrected chi connectivity index (χ4v) is 4.17. The van der Waals surface area contributed by atoms with Gasteiger partial charge in [0.1, 0.15) is 11.5 Å². The van der Waals surface area contributed by atoms with Crippen LogP contribution in [0.5, 0.6) is 5.75 Å². The van der Waals surface area contributed by atoms with Crippen LogP contribution >= 0.6 is 23.2 Å². The van der Waals surface area contributed by atoms with E-state index in [2.05, 4.69) is 4.98 Å². The second-order valence-corrected chi connectivity index (χ2v) is 8.26. The molecule has 1 atom stereocenters. The highest BCUT2D eigenvalue weighted by atomic mass is 35.5. The Morgan fingerprint density at radius 2 is 2.07 bits per heavy atom. The second-order valence-electron chi connectivity index (χ2n) is 7.44. The van der Waals surface area contributed by atoms with Crippen LogP contribution in [-0.4, -0.2) is 22.7 Å². The van der Waals surface area contributed by atoms with Crippen molar-refractivity contribution in [1.82, 2.24) is 4.98 Å². The van der Waals surface area contributed by atoms with E-state index in [1.165, 1.54) is 5.56 Å². The number of rotatable bonds is 7. The molecule has 0 aliphatic heterocycles. The quantitative estimate of drug-likeness (QED) is 0.476. The smallest absolute Gasteiger partial charge is 0.303 e. The lowest BCUT2D eigenvalue weighted by Crippen LogP contribution is -2.04. The molecule has 3 aromatic rings. The monoisotopic (exact) mass is 445 g/mol. The van der Waals surface area contributed by atoms with Crippen molar-refractivity contribution in [3.05, 3.63) is 69.0 Å². The Balaban J connectivity index is 1.39. The number of fused-ring (bicyclic) bond motifs is 1. The molecule has 1 N–H and O–H groups in total. The van der Waals surface area contributed by atoms with E-state index >= 15 is 0 Å². The van der Waals surface area contributed by atoms with Gasteiger partial charge in [0.05, 0.1) is 28.8 Å². The number of hydrogen-bond acceptors (Lipinski definition) is 4. The molecule has 1 heterocycles. The van der Waals surface area contributed by atoms with Gasteiger partial charge < -0.3 is 14.3 Å². The van der Waals surface area contributed by atoms with Crippen LogP contribution < -0.4 is 4.74 Å². The van der Waals surface area contributed by atoms with Gasteiger partial charge in [0.2, 0.25) is 5.89 Å². The normalized spacial score (nSPS) is 15.2. The molecule has 0 saturated carbocycles. The Morgan fingerprint density at radius 1 is 1.23 bits per heavy atom. The minimum atomic E-state index is -0.753. The molecule has 0 fully saturated rings. The fraction of sp³-hybridized carbons (Fsp3) is 0.304. The Labute approximate surface area is 184 Å². The Morgan fingerprint density at radius 3 is 2.83 bits per heavy atom. The minimum Gasteiger partial charge on any atom is -0.493 e. The highest BCUT2D eigenvalue weighted by Crippen LogP contribution is 2.37.